The third-order valence-electron chi connectivity index (χ3n) is 4.85. The molecule has 156 valence electrons. The second-order valence-corrected chi connectivity index (χ2v) is 20.0. The fourth-order valence-corrected chi connectivity index (χ4v) is 9.43. The van der Waals surface area contributed by atoms with E-state index in [0.717, 1.165) is 10.1 Å². The van der Waals surface area contributed by atoms with Crippen molar-refractivity contribution in [2.75, 3.05) is 0 Å². The van der Waals surface area contributed by atoms with E-state index in [1.807, 2.05) is 50.7 Å². The van der Waals surface area contributed by atoms with Crippen molar-refractivity contribution in [3.8, 4) is 16.9 Å². The molecule has 29 heavy (non-hydrogen) atoms. The molecule has 3 rings (SSSR count). The zero-order valence-corrected chi connectivity index (χ0v) is 19.7. The number of benzene rings is 2. The average Bonchev–Trinajstić information content (AvgIpc) is 3.04. The lowest BCUT2D eigenvalue weighted by Crippen LogP contribution is -2.44. The summed E-state index contributed by atoms with van der Waals surface area (Å²) in [6, 6.07) is 1.85. The van der Waals surface area contributed by atoms with Gasteiger partial charge in [0.25, 0.3) is 0 Å². The summed E-state index contributed by atoms with van der Waals surface area (Å²) in [5.74, 6) is -10.5. The van der Waals surface area contributed by atoms with E-state index < -0.39 is 50.8 Å². The Balaban J connectivity index is 2.68. The normalized spacial score (nSPS) is 12.8. The van der Waals surface area contributed by atoms with Crippen molar-refractivity contribution < 1.29 is 27.1 Å². The van der Waals surface area contributed by atoms with Crippen molar-refractivity contribution in [2.24, 2.45) is 0 Å². The standard InChI is InChI=1S/C20H21F5OSSi2/c1-28(2,3)19-9-7-8-27-18(9)20(29(4,5)6)11(17(19)26)10-12(21)14(23)16(25)15(24)13(10)22/h7-8,26H,1-6H3. The van der Waals surface area contributed by atoms with Crippen molar-refractivity contribution in [1.29, 1.82) is 0 Å². The van der Waals surface area contributed by atoms with Crippen molar-refractivity contribution in [3.05, 3.63) is 40.5 Å². The van der Waals surface area contributed by atoms with Crippen LogP contribution in [0.2, 0.25) is 39.3 Å². The molecular weight excluding hydrogens is 439 g/mol. The van der Waals surface area contributed by atoms with Gasteiger partial charge in [0.2, 0.25) is 5.82 Å². The second-order valence-electron chi connectivity index (χ2n) is 9.08. The summed E-state index contributed by atoms with van der Waals surface area (Å²) in [4.78, 5) is 0. The molecule has 0 spiro atoms. The maximum atomic E-state index is 14.8. The van der Waals surface area contributed by atoms with Crippen molar-refractivity contribution in [1.82, 2.24) is 0 Å². The lowest BCUT2D eigenvalue weighted by molar-refractivity contribution is 0.380. The van der Waals surface area contributed by atoms with Crippen LogP contribution in [0.15, 0.2) is 11.4 Å². The Morgan fingerprint density at radius 1 is 0.690 bits per heavy atom. The van der Waals surface area contributed by atoms with Gasteiger partial charge in [0.05, 0.1) is 21.7 Å². The van der Waals surface area contributed by atoms with Gasteiger partial charge in [0, 0.05) is 10.3 Å². The molecule has 1 N–H and O–H groups in total. The van der Waals surface area contributed by atoms with Gasteiger partial charge in [-0.15, -0.1) is 11.3 Å². The number of fused-ring (bicyclic) bond motifs is 1. The lowest BCUT2D eigenvalue weighted by Gasteiger charge is -2.29. The number of thiophene rings is 1. The maximum absolute atomic E-state index is 14.8. The van der Waals surface area contributed by atoms with Gasteiger partial charge in [-0.05, 0) is 27.2 Å². The van der Waals surface area contributed by atoms with Crippen molar-refractivity contribution in [3.63, 3.8) is 0 Å². The fourth-order valence-electron chi connectivity index (χ4n) is 3.73. The van der Waals surface area contributed by atoms with Gasteiger partial charge >= 0.3 is 0 Å². The molecule has 0 unspecified atom stereocenters. The number of aromatic hydroxyl groups is 1. The molecular formula is C20H21F5OSSi2. The number of hydrogen-bond acceptors (Lipinski definition) is 2. The van der Waals surface area contributed by atoms with Crippen LogP contribution < -0.4 is 10.4 Å². The molecule has 0 saturated carbocycles. The van der Waals surface area contributed by atoms with E-state index in [9.17, 15) is 27.1 Å². The van der Waals surface area contributed by atoms with Gasteiger partial charge in [-0.1, -0.05) is 39.3 Å². The molecule has 0 bridgehead atoms. The first kappa shape index (κ1) is 22.0. The third-order valence-corrected chi connectivity index (χ3v) is 9.96. The van der Waals surface area contributed by atoms with Crippen LogP contribution in [-0.2, 0) is 0 Å². The van der Waals surface area contributed by atoms with Crippen LogP contribution in [0, 0.1) is 29.1 Å². The number of halogens is 5. The smallest absolute Gasteiger partial charge is 0.200 e. The highest BCUT2D eigenvalue weighted by molar-refractivity contribution is 7.20. The number of phenolic OH excluding ortho intramolecular Hbond substituents is 1. The highest BCUT2D eigenvalue weighted by Gasteiger charge is 2.37. The van der Waals surface area contributed by atoms with Crippen molar-refractivity contribution in [2.45, 2.75) is 39.3 Å². The molecule has 0 saturated heterocycles. The molecule has 0 amide bonds. The minimum atomic E-state index is -2.40. The zero-order valence-electron chi connectivity index (χ0n) is 16.9. The molecule has 2 aromatic carbocycles. The molecule has 1 nitrogen and oxygen atoms in total. The quantitative estimate of drug-likeness (QED) is 0.218. The molecule has 3 aromatic rings. The summed E-state index contributed by atoms with van der Waals surface area (Å²) in [6.07, 6.45) is 0. The van der Waals surface area contributed by atoms with Crippen LogP contribution >= 0.6 is 11.3 Å². The highest BCUT2D eigenvalue weighted by Crippen LogP contribution is 2.40. The Morgan fingerprint density at radius 2 is 1.14 bits per heavy atom. The Morgan fingerprint density at radius 3 is 1.59 bits per heavy atom. The first-order valence-corrected chi connectivity index (χ1v) is 16.9. The van der Waals surface area contributed by atoms with E-state index in [4.69, 9.17) is 0 Å². The van der Waals surface area contributed by atoms with Crippen LogP contribution in [-0.4, -0.2) is 21.3 Å². The number of phenols is 1. The topological polar surface area (TPSA) is 20.2 Å². The number of rotatable bonds is 3. The summed E-state index contributed by atoms with van der Waals surface area (Å²) in [5.41, 5.74) is -1.31. The third kappa shape index (κ3) is 3.32. The van der Waals surface area contributed by atoms with Gasteiger partial charge in [-0.2, -0.15) is 0 Å². The molecule has 1 aromatic heterocycles. The van der Waals surface area contributed by atoms with Crippen LogP contribution in [0.1, 0.15) is 0 Å². The molecule has 0 aliphatic carbocycles. The lowest BCUT2D eigenvalue weighted by atomic mass is 10.0. The molecule has 0 fully saturated rings. The summed E-state index contributed by atoms with van der Waals surface area (Å²) in [5, 5.41) is 14.9. The molecule has 0 aliphatic rings. The maximum Gasteiger partial charge on any atom is 0.200 e. The molecule has 0 radical (unpaired) electrons. The second kappa shape index (κ2) is 6.92. The summed E-state index contributed by atoms with van der Waals surface area (Å²) < 4.78 is 72.0. The van der Waals surface area contributed by atoms with E-state index in [1.54, 1.807) is 0 Å². The summed E-state index contributed by atoms with van der Waals surface area (Å²) in [6.45, 7) is 11.6. The zero-order chi connectivity index (χ0) is 22.0. The Bertz CT molecular complexity index is 1110. The van der Waals surface area contributed by atoms with Crippen molar-refractivity contribution >= 4 is 47.9 Å². The molecule has 9 heteroatoms. The first-order valence-electron chi connectivity index (χ1n) is 8.98. The molecule has 0 atom stereocenters. The fraction of sp³-hybridized carbons (Fsp3) is 0.300. The largest absolute Gasteiger partial charge is 0.507 e. The molecule has 0 aliphatic heterocycles. The predicted octanol–water partition coefficient (Wildman–Crippen LogP) is 6.06. The first-order chi connectivity index (χ1) is 13.2. The van der Waals surface area contributed by atoms with Gasteiger partial charge in [0.1, 0.15) is 5.75 Å². The van der Waals surface area contributed by atoms with E-state index in [2.05, 4.69) is 0 Å². The van der Waals surface area contributed by atoms with E-state index >= 15 is 0 Å². The number of hydrogen-bond donors (Lipinski definition) is 1. The predicted molar refractivity (Wildman–Crippen MR) is 115 cm³/mol. The van der Waals surface area contributed by atoms with Crippen LogP contribution in [0.25, 0.3) is 21.2 Å². The minimum absolute atomic E-state index is 0.260. The van der Waals surface area contributed by atoms with Crippen LogP contribution in [0.4, 0.5) is 22.0 Å². The summed E-state index contributed by atoms with van der Waals surface area (Å²) in [7, 11) is -4.66. The highest BCUT2D eigenvalue weighted by atomic mass is 32.1. The molecule has 1 heterocycles. The van der Waals surface area contributed by atoms with Crippen LogP contribution in [0.3, 0.4) is 0 Å². The van der Waals surface area contributed by atoms with Gasteiger partial charge in [-0.3, -0.25) is 0 Å². The van der Waals surface area contributed by atoms with E-state index in [0.29, 0.717) is 10.4 Å². The van der Waals surface area contributed by atoms with Gasteiger partial charge in [0.15, 0.2) is 23.3 Å². The average molecular weight is 461 g/mol. The van der Waals surface area contributed by atoms with Gasteiger partial charge < -0.3 is 5.11 Å². The van der Waals surface area contributed by atoms with E-state index in [1.165, 1.54) is 11.3 Å². The van der Waals surface area contributed by atoms with Gasteiger partial charge in [-0.25, -0.2) is 22.0 Å². The SMILES string of the molecule is C[Si](C)(C)c1c(O)c(-c2c(F)c(F)c(F)c(F)c2F)c([Si](C)(C)C)c2sccc12. The Hall–Kier alpha value is -1.72. The Kier molecular flexibility index (Phi) is 5.24. The summed E-state index contributed by atoms with van der Waals surface area (Å²) >= 11 is 1.35. The van der Waals surface area contributed by atoms with Crippen LogP contribution in [0.5, 0.6) is 5.75 Å². The van der Waals surface area contributed by atoms with E-state index in [-0.39, 0.29) is 11.3 Å². The Labute approximate surface area is 171 Å². The minimum Gasteiger partial charge on any atom is -0.507 e. The monoisotopic (exact) mass is 460 g/mol.